The summed E-state index contributed by atoms with van der Waals surface area (Å²) in [5.74, 6) is 1.89. The predicted molar refractivity (Wildman–Crippen MR) is 72.8 cm³/mol. The summed E-state index contributed by atoms with van der Waals surface area (Å²) in [6.07, 6.45) is 13.9. The molecule has 17 heavy (non-hydrogen) atoms. The van der Waals surface area contributed by atoms with Crippen molar-refractivity contribution in [2.45, 2.75) is 71.5 Å². The average molecular weight is 240 g/mol. The lowest BCUT2D eigenvalue weighted by Gasteiger charge is -2.27. The molecular formula is C15H28O2. The SMILES string of the molecule is C#CC(CCCCCCCC)(OCC)OCC. The first-order chi connectivity index (χ1) is 8.24. The standard InChI is InChI=1S/C15H28O2/c1-5-9-10-11-12-13-14-15(6-2,16-7-3)17-8-4/h2H,5,7-14H2,1,3-4H3. The maximum absolute atomic E-state index is 5.59. The van der Waals surface area contributed by atoms with Gasteiger partial charge in [-0.2, -0.15) is 0 Å². The molecule has 0 spiro atoms. The van der Waals surface area contributed by atoms with Crippen molar-refractivity contribution in [1.29, 1.82) is 0 Å². The van der Waals surface area contributed by atoms with Gasteiger partial charge in [-0.1, -0.05) is 39.0 Å². The van der Waals surface area contributed by atoms with E-state index in [0.29, 0.717) is 13.2 Å². The van der Waals surface area contributed by atoms with Gasteiger partial charge in [-0.05, 0) is 26.2 Å². The lowest BCUT2D eigenvalue weighted by atomic mass is 10.1. The maximum atomic E-state index is 5.59. The number of terminal acetylenes is 1. The molecule has 0 aliphatic rings. The van der Waals surface area contributed by atoms with Gasteiger partial charge in [0.1, 0.15) is 0 Å². The van der Waals surface area contributed by atoms with Crippen LogP contribution in [0, 0.1) is 12.3 Å². The van der Waals surface area contributed by atoms with E-state index in [1.807, 2.05) is 13.8 Å². The molecule has 0 heterocycles. The fraction of sp³-hybridized carbons (Fsp3) is 0.867. The molecule has 0 aromatic heterocycles. The largest absolute Gasteiger partial charge is 0.340 e. The van der Waals surface area contributed by atoms with Crippen LogP contribution in [0.25, 0.3) is 0 Å². The molecular weight excluding hydrogens is 212 g/mol. The van der Waals surface area contributed by atoms with Crippen molar-refractivity contribution in [3.05, 3.63) is 0 Å². The van der Waals surface area contributed by atoms with Crippen LogP contribution in [0.4, 0.5) is 0 Å². The zero-order chi connectivity index (χ0) is 13.0. The molecule has 0 fully saturated rings. The van der Waals surface area contributed by atoms with Gasteiger partial charge < -0.3 is 9.47 Å². The van der Waals surface area contributed by atoms with Crippen molar-refractivity contribution in [3.8, 4) is 12.3 Å². The molecule has 0 aliphatic heterocycles. The average Bonchev–Trinajstić information content (AvgIpc) is 2.34. The highest BCUT2D eigenvalue weighted by atomic mass is 16.7. The summed E-state index contributed by atoms with van der Waals surface area (Å²) in [6.45, 7) is 7.33. The topological polar surface area (TPSA) is 18.5 Å². The molecule has 0 rings (SSSR count). The Kier molecular flexibility index (Phi) is 10.3. The fourth-order valence-corrected chi connectivity index (χ4v) is 1.95. The Morgan fingerprint density at radius 2 is 1.41 bits per heavy atom. The number of hydrogen-bond donors (Lipinski definition) is 0. The quantitative estimate of drug-likeness (QED) is 0.307. The highest BCUT2D eigenvalue weighted by molar-refractivity contribution is 5.02. The van der Waals surface area contributed by atoms with E-state index in [9.17, 15) is 0 Å². The summed E-state index contributed by atoms with van der Waals surface area (Å²) >= 11 is 0. The van der Waals surface area contributed by atoms with Crippen LogP contribution in [-0.4, -0.2) is 19.0 Å². The molecule has 0 aliphatic carbocycles. The Morgan fingerprint density at radius 1 is 0.882 bits per heavy atom. The number of ether oxygens (including phenoxy) is 2. The molecule has 0 saturated carbocycles. The van der Waals surface area contributed by atoms with Crippen LogP contribution in [0.15, 0.2) is 0 Å². The summed E-state index contributed by atoms with van der Waals surface area (Å²) in [5.41, 5.74) is 0. The van der Waals surface area contributed by atoms with E-state index in [4.69, 9.17) is 15.9 Å². The Hall–Kier alpha value is -0.520. The third kappa shape index (κ3) is 7.41. The van der Waals surface area contributed by atoms with Gasteiger partial charge in [0.15, 0.2) is 0 Å². The van der Waals surface area contributed by atoms with Gasteiger partial charge in [0, 0.05) is 19.6 Å². The minimum Gasteiger partial charge on any atom is -0.340 e. The second-order valence-corrected chi connectivity index (χ2v) is 4.28. The van der Waals surface area contributed by atoms with E-state index < -0.39 is 5.79 Å². The Bertz CT molecular complexity index is 199. The number of unbranched alkanes of at least 4 members (excludes halogenated alkanes) is 5. The number of rotatable bonds is 11. The van der Waals surface area contributed by atoms with Crippen LogP contribution in [0.3, 0.4) is 0 Å². The molecule has 0 saturated heterocycles. The van der Waals surface area contributed by atoms with Crippen molar-refractivity contribution < 1.29 is 9.47 Å². The van der Waals surface area contributed by atoms with E-state index in [2.05, 4.69) is 12.8 Å². The highest BCUT2D eigenvalue weighted by Crippen LogP contribution is 2.21. The smallest absolute Gasteiger partial charge is 0.233 e. The summed E-state index contributed by atoms with van der Waals surface area (Å²) in [6, 6.07) is 0. The molecule has 0 N–H and O–H groups in total. The van der Waals surface area contributed by atoms with Crippen LogP contribution < -0.4 is 0 Å². The van der Waals surface area contributed by atoms with Gasteiger partial charge in [0.25, 0.3) is 0 Å². The molecule has 0 aromatic rings. The minimum atomic E-state index is -0.783. The minimum absolute atomic E-state index is 0.597. The van der Waals surface area contributed by atoms with Gasteiger partial charge in [-0.15, -0.1) is 6.42 Å². The lowest BCUT2D eigenvalue weighted by Crippen LogP contribution is -2.34. The molecule has 2 heteroatoms. The lowest BCUT2D eigenvalue weighted by molar-refractivity contribution is -0.196. The van der Waals surface area contributed by atoms with Crippen molar-refractivity contribution >= 4 is 0 Å². The van der Waals surface area contributed by atoms with Gasteiger partial charge in [0.2, 0.25) is 5.79 Å². The number of hydrogen-bond acceptors (Lipinski definition) is 2. The van der Waals surface area contributed by atoms with Gasteiger partial charge >= 0.3 is 0 Å². The second-order valence-electron chi connectivity index (χ2n) is 4.28. The van der Waals surface area contributed by atoms with Crippen molar-refractivity contribution in [2.75, 3.05) is 13.2 Å². The first-order valence-corrected chi connectivity index (χ1v) is 7.00. The van der Waals surface area contributed by atoms with E-state index in [0.717, 1.165) is 12.8 Å². The molecule has 0 aromatic carbocycles. The van der Waals surface area contributed by atoms with Crippen LogP contribution in [-0.2, 0) is 9.47 Å². The summed E-state index contributed by atoms with van der Waals surface area (Å²) < 4.78 is 11.2. The zero-order valence-corrected chi connectivity index (χ0v) is 11.8. The molecule has 2 nitrogen and oxygen atoms in total. The Balaban J connectivity index is 3.87. The summed E-state index contributed by atoms with van der Waals surface area (Å²) in [4.78, 5) is 0. The predicted octanol–water partition coefficient (Wildman–Crippen LogP) is 4.14. The third-order valence-electron chi connectivity index (χ3n) is 2.83. The second kappa shape index (κ2) is 10.6. The van der Waals surface area contributed by atoms with Crippen molar-refractivity contribution in [1.82, 2.24) is 0 Å². The fourth-order valence-electron chi connectivity index (χ4n) is 1.95. The maximum Gasteiger partial charge on any atom is 0.233 e. The van der Waals surface area contributed by atoms with Gasteiger partial charge in [0.05, 0.1) is 0 Å². The zero-order valence-electron chi connectivity index (χ0n) is 11.8. The molecule has 0 atom stereocenters. The molecule has 100 valence electrons. The molecule has 0 radical (unpaired) electrons. The van der Waals surface area contributed by atoms with E-state index in [1.54, 1.807) is 0 Å². The van der Waals surface area contributed by atoms with Crippen molar-refractivity contribution in [2.24, 2.45) is 0 Å². The highest BCUT2D eigenvalue weighted by Gasteiger charge is 2.27. The molecule has 0 amide bonds. The van der Waals surface area contributed by atoms with Gasteiger partial charge in [-0.25, -0.2) is 0 Å². The van der Waals surface area contributed by atoms with E-state index in [1.165, 1.54) is 32.1 Å². The Morgan fingerprint density at radius 3 is 1.88 bits per heavy atom. The Labute approximate surface area is 107 Å². The normalized spacial score (nSPS) is 11.4. The van der Waals surface area contributed by atoms with Crippen LogP contribution in [0.5, 0.6) is 0 Å². The summed E-state index contributed by atoms with van der Waals surface area (Å²) in [5, 5.41) is 0. The first-order valence-electron chi connectivity index (χ1n) is 7.00. The summed E-state index contributed by atoms with van der Waals surface area (Å²) in [7, 11) is 0. The van der Waals surface area contributed by atoms with E-state index in [-0.39, 0.29) is 0 Å². The third-order valence-corrected chi connectivity index (χ3v) is 2.83. The monoisotopic (exact) mass is 240 g/mol. The van der Waals surface area contributed by atoms with Crippen LogP contribution in [0.2, 0.25) is 0 Å². The van der Waals surface area contributed by atoms with Crippen LogP contribution in [0.1, 0.15) is 65.7 Å². The van der Waals surface area contributed by atoms with E-state index >= 15 is 0 Å². The van der Waals surface area contributed by atoms with Gasteiger partial charge in [-0.3, -0.25) is 0 Å². The van der Waals surface area contributed by atoms with Crippen LogP contribution >= 0.6 is 0 Å². The first kappa shape index (κ1) is 16.5. The van der Waals surface area contributed by atoms with Crippen molar-refractivity contribution in [3.63, 3.8) is 0 Å². The molecule has 0 bridgehead atoms. The molecule has 0 unspecified atom stereocenters.